The summed E-state index contributed by atoms with van der Waals surface area (Å²) in [5, 5.41) is 0. The predicted molar refractivity (Wildman–Crippen MR) is 103 cm³/mol. The van der Waals surface area contributed by atoms with Gasteiger partial charge in [0, 0.05) is 37.4 Å². The van der Waals surface area contributed by atoms with Crippen LogP contribution >= 0.6 is 15.9 Å². The number of halogens is 4. The molecule has 0 aliphatic heterocycles. The second-order valence-electron chi connectivity index (χ2n) is 6.34. The molecule has 0 aliphatic rings. The average Bonchev–Trinajstić information content (AvgIpc) is 2.67. The summed E-state index contributed by atoms with van der Waals surface area (Å²) in [7, 11) is 0. The maximum Gasteiger partial charge on any atom is 0.416 e. The van der Waals surface area contributed by atoms with Crippen LogP contribution in [-0.2, 0) is 17.4 Å². The first-order valence-electron chi connectivity index (χ1n) is 8.53. The second kappa shape index (κ2) is 8.65. The number of hydrogen-bond acceptors (Lipinski definition) is 3. The first-order valence-corrected chi connectivity index (χ1v) is 9.32. The minimum Gasteiger partial charge on any atom is -0.299 e. The van der Waals surface area contributed by atoms with E-state index in [1.807, 2.05) is 12.1 Å². The van der Waals surface area contributed by atoms with Gasteiger partial charge in [0.05, 0.1) is 5.56 Å². The third kappa shape index (κ3) is 5.04. The van der Waals surface area contributed by atoms with E-state index in [0.717, 1.165) is 23.3 Å². The highest BCUT2D eigenvalue weighted by molar-refractivity contribution is 9.10. The Hall–Kier alpha value is -2.54. The van der Waals surface area contributed by atoms with Crippen LogP contribution in [0.25, 0.3) is 0 Å². The summed E-state index contributed by atoms with van der Waals surface area (Å²) in [6, 6.07) is 12.1. The summed E-state index contributed by atoms with van der Waals surface area (Å²) in [6.07, 6.45) is 0.818. The minimum atomic E-state index is -4.40. The van der Waals surface area contributed by atoms with E-state index in [9.17, 15) is 18.0 Å². The van der Waals surface area contributed by atoms with Gasteiger partial charge in [0.2, 0.25) is 0 Å². The number of pyridine rings is 2. The van der Waals surface area contributed by atoms with Crippen molar-refractivity contribution in [2.45, 2.75) is 24.9 Å². The Morgan fingerprint density at radius 1 is 1.04 bits per heavy atom. The molecule has 1 aromatic carbocycles. The molecular weight excluding hydrogens is 433 g/mol. The zero-order chi connectivity index (χ0) is 20.1. The largest absolute Gasteiger partial charge is 0.416 e. The molecule has 144 valence electrons. The van der Waals surface area contributed by atoms with Crippen LogP contribution in [0.1, 0.15) is 34.6 Å². The molecule has 7 heteroatoms. The van der Waals surface area contributed by atoms with Gasteiger partial charge in [-0.15, -0.1) is 0 Å². The molecule has 0 saturated carbocycles. The van der Waals surface area contributed by atoms with E-state index in [-0.39, 0.29) is 18.6 Å². The number of hydrogen-bond donors (Lipinski definition) is 0. The third-order valence-electron chi connectivity index (χ3n) is 4.36. The number of nitrogens with zero attached hydrogens (tertiary/aromatic N) is 2. The van der Waals surface area contributed by atoms with Crippen molar-refractivity contribution in [3.05, 3.63) is 94.0 Å². The first-order chi connectivity index (χ1) is 13.3. The monoisotopic (exact) mass is 448 g/mol. The van der Waals surface area contributed by atoms with Crippen LogP contribution in [0.15, 0.2) is 71.7 Å². The Bertz CT molecular complexity index is 944. The summed E-state index contributed by atoms with van der Waals surface area (Å²) in [5.74, 6) is -0.441. The van der Waals surface area contributed by atoms with E-state index < -0.39 is 17.7 Å². The molecular formula is C21H16BrF3N2O. The Kier molecular flexibility index (Phi) is 6.24. The van der Waals surface area contributed by atoms with Crippen molar-refractivity contribution in [3.63, 3.8) is 0 Å². The Balaban J connectivity index is 1.90. The minimum absolute atomic E-state index is 0.0337. The molecule has 0 radical (unpaired) electrons. The number of rotatable bonds is 6. The highest BCUT2D eigenvalue weighted by atomic mass is 79.9. The van der Waals surface area contributed by atoms with Gasteiger partial charge in [0.25, 0.3) is 0 Å². The van der Waals surface area contributed by atoms with Crippen molar-refractivity contribution in [2.24, 2.45) is 0 Å². The van der Waals surface area contributed by atoms with Gasteiger partial charge in [-0.1, -0.05) is 24.3 Å². The van der Waals surface area contributed by atoms with Gasteiger partial charge < -0.3 is 0 Å². The number of alkyl halides is 3. The van der Waals surface area contributed by atoms with E-state index in [4.69, 9.17) is 0 Å². The number of Topliss-reactive ketones (excluding diaryl/α,β-unsaturated/α-hetero) is 1. The topological polar surface area (TPSA) is 42.9 Å². The highest BCUT2D eigenvalue weighted by Crippen LogP contribution is 2.35. The zero-order valence-electron chi connectivity index (χ0n) is 14.7. The molecule has 1 atom stereocenters. The standard InChI is InChI=1S/C21H16BrF3N2O/c22-20-18(4-2-10-27-20)19(12-17(28)11-14-3-1-9-26-13-14)15-5-7-16(8-6-15)21(23,24)25/h1-10,13,19H,11-12H2. The van der Waals surface area contributed by atoms with Gasteiger partial charge in [-0.3, -0.25) is 9.78 Å². The quantitative estimate of drug-likeness (QED) is 0.461. The van der Waals surface area contributed by atoms with E-state index in [2.05, 4.69) is 25.9 Å². The van der Waals surface area contributed by atoms with Crippen molar-refractivity contribution in [2.75, 3.05) is 0 Å². The normalized spacial score (nSPS) is 12.6. The molecule has 3 aromatic rings. The number of ketones is 1. The van der Waals surface area contributed by atoms with Crippen LogP contribution in [0.2, 0.25) is 0 Å². The molecule has 2 aromatic heterocycles. The van der Waals surface area contributed by atoms with E-state index >= 15 is 0 Å². The number of aromatic nitrogens is 2. The molecule has 0 N–H and O–H groups in total. The Labute approximate surface area is 168 Å². The van der Waals surface area contributed by atoms with Crippen LogP contribution in [-0.4, -0.2) is 15.8 Å². The molecule has 0 amide bonds. The van der Waals surface area contributed by atoms with Crippen LogP contribution in [0.4, 0.5) is 13.2 Å². The fourth-order valence-electron chi connectivity index (χ4n) is 3.00. The van der Waals surface area contributed by atoms with Crippen LogP contribution in [0.5, 0.6) is 0 Å². The van der Waals surface area contributed by atoms with E-state index in [1.54, 1.807) is 30.7 Å². The number of benzene rings is 1. The van der Waals surface area contributed by atoms with Crippen LogP contribution in [0, 0.1) is 0 Å². The van der Waals surface area contributed by atoms with Crippen LogP contribution in [0.3, 0.4) is 0 Å². The molecule has 28 heavy (non-hydrogen) atoms. The molecule has 0 aliphatic carbocycles. The summed E-state index contributed by atoms with van der Waals surface area (Å²) in [4.78, 5) is 20.9. The lowest BCUT2D eigenvalue weighted by atomic mass is 9.86. The van der Waals surface area contributed by atoms with Crippen molar-refractivity contribution >= 4 is 21.7 Å². The number of carbonyl (C=O) groups excluding carboxylic acids is 1. The number of carbonyl (C=O) groups is 1. The smallest absolute Gasteiger partial charge is 0.299 e. The van der Waals surface area contributed by atoms with Crippen LogP contribution < -0.4 is 0 Å². The fraction of sp³-hybridized carbons (Fsp3) is 0.190. The second-order valence-corrected chi connectivity index (χ2v) is 7.09. The van der Waals surface area contributed by atoms with Crippen molar-refractivity contribution in [1.29, 1.82) is 0 Å². The summed E-state index contributed by atoms with van der Waals surface area (Å²) < 4.78 is 39.2. The summed E-state index contributed by atoms with van der Waals surface area (Å²) in [5.41, 5.74) is 1.45. The average molecular weight is 449 g/mol. The maximum atomic E-state index is 12.9. The molecule has 3 nitrogen and oxygen atoms in total. The molecule has 1 unspecified atom stereocenters. The van der Waals surface area contributed by atoms with Crippen molar-refractivity contribution in [1.82, 2.24) is 9.97 Å². The maximum absolute atomic E-state index is 12.9. The van der Waals surface area contributed by atoms with Gasteiger partial charge in [-0.05, 0) is 56.9 Å². The first kappa shape index (κ1) is 20.2. The van der Waals surface area contributed by atoms with Gasteiger partial charge in [-0.2, -0.15) is 13.2 Å². The van der Waals surface area contributed by atoms with E-state index in [1.165, 1.54) is 12.1 Å². The highest BCUT2D eigenvalue weighted by Gasteiger charge is 2.30. The van der Waals surface area contributed by atoms with E-state index in [0.29, 0.717) is 10.2 Å². The van der Waals surface area contributed by atoms with Gasteiger partial charge >= 0.3 is 6.18 Å². The lowest BCUT2D eigenvalue weighted by Crippen LogP contribution is -2.13. The molecule has 2 heterocycles. The summed E-state index contributed by atoms with van der Waals surface area (Å²) >= 11 is 3.38. The van der Waals surface area contributed by atoms with Gasteiger partial charge in [-0.25, -0.2) is 4.98 Å². The fourth-order valence-corrected chi connectivity index (χ4v) is 3.53. The van der Waals surface area contributed by atoms with Gasteiger partial charge in [0.15, 0.2) is 0 Å². The van der Waals surface area contributed by atoms with Crippen molar-refractivity contribution < 1.29 is 18.0 Å². The lowest BCUT2D eigenvalue weighted by molar-refractivity contribution is -0.137. The lowest BCUT2D eigenvalue weighted by Gasteiger charge is -2.19. The molecule has 0 fully saturated rings. The summed E-state index contributed by atoms with van der Waals surface area (Å²) in [6.45, 7) is 0. The predicted octanol–water partition coefficient (Wildman–Crippen LogP) is 5.59. The molecule has 3 rings (SSSR count). The van der Waals surface area contributed by atoms with Gasteiger partial charge in [0.1, 0.15) is 10.4 Å². The SMILES string of the molecule is O=C(Cc1cccnc1)CC(c1ccc(C(F)(F)F)cc1)c1cccnc1Br. The molecule has 0 spiro atoms. The molecule has 0 saturated heterocycles. The third-order valence-corrected chi connectivity index (χ3v) is 5.02. The zero-order valence-corrected chi connectivity index (χ0v) is 16.2. The molecule has 0 bridgehead atoms. The Morgan fingerprint density at radius 2 is 1.75 bits per heavy atom. The van der Waals surface area contributed by atoms with Crippen molar-refractivity contribution in [3.8, 4) is 0 Å². The Morgan fingerprint density at radius 3 is 2.36 bits per heavy atom.